The Labute approximate surface area is 125 Å². The maximum atomic E-state index is 5.84. The van der Waals surface area contributed by atoms with Crippen molar-refractivity contribution in [3.8, 4) is 0 Å². The van der Waals surface area contributed by atoms with Crippen molar-refractivity contribution in [2.75, 3.05) is 19.0 Å². The Morgan fingerprint density at radius 3 is 2.33 bits per heavy atom. The molecular weight excluding hydrogens is 260 g/mol. The van der Waals surface area contributed by atoms with Gasteiger partial charge in [-0.2, -0.15) is 0 Å². The number of hydrogen-bond donors (Lipinski definition) is 3. The molecule has 0 aliphatic carbocycles. The van der Waals surface area contributed by atoms with Gasteiger partial charge in [-0.3, -0.25) is 5.84 Å². The summed E-state index contributed by atoms with van der Waals surface area (Å²) in [6.07, 6.45) is 0. The van der Waals surface area contributed by atoms with E-state index in [1.807, 2.05) is 13.1 Å². The maximum absolute atomic E-state index is 5.84. The molecule has 0 saturated heterocycles. The Morgan fingerprint density at radius 1 is 0.952 bits per heavy atom. The fourth-order valence-corrected chi connectivity index (χ4v) is 2.94. The predicted octanol–water partition coefficient (Wildman–Crippen LogP) is 2.14. The molecule has 0 unspecified atom stereocenters. The number of nitrogens with two attached hydrogens (primary N) is 1. The van der Waals surface area contributed by atoms with Crippen molar-refractivity contribution in [2.45, 2.75) is 6.54 Å². The molecule has 1 heterocycles. The number of nitrogens with zero attached hydrogens (tertiary/aromatic N) is 1. The summed E-state index contributed by atoms with van der Waals surface area (Å²) in [6.45, 7) is 0.857. The highest BCUT2D eigenvalue weighted by atomic mass is 15.2. The van der Waals surface area contributed by atoms with E-state index in [0.29, 0.717) is 0 Å². The van der Waals surface area contributed by atoms with Crippen LogP contribution in [0.2, 0.25) is 0 Å². The summed E-state index contributed by atoms with van der Waals surface area (Å²) in [5.74, 6) is 5.84. The number of fused-ring (bicyclic) bond motifs is 2. The van der Waals surface area contributed by atoms with E-state index in [1.165, 1.54) is 11.1 Å². The van der Waals surface area contributed by atoms with E-state index >= 15 is 0 Å². The number of hydrazine groups is 1. The lowest BCUT2D eigenvalue weighted by Gasteiger charge is -2.29. The van der Waals surface area contributed by atoms with Gasteiger partial charge < -0.3 is 15.6 Å². The van der Waals surface area contributed by atoms with Crippen LogP contribution >= 0.6 is 0 Å². The van der Waals surface area contributed by atoms with E-state index in [4.69, 9.17) is 5.84 Å². The molecule has 2 aromatic carbocycles. The molecule has 0 radical (unpaired) electrons. The van der Waals surface area contributed by atoms with E-state index < -0.39 is 0 Å². The monoisotopic (exact) mass is 280 g/mol. The number of para-hydroxylation sites is 1. The van der Waals surface area contributed by atoms with Gasteiger partial charge in [-0.1, -0.05) is 42.5 Å². The summed E-state index contributed by atoms with van der Waals surface area (Å²) in [5.41, 5.74) is 9.52. The van der Waals surface area contributed by atoms with Crippen molar-refractivity contribution in [3.05, 3.63) is 65.2 Å². The van der Waals surface area contributed by atoms with E-state index in [9.17, 15) is 0 Å². The first-order valence-corrected chi connectivity index (χ1v) is 7.03. The van der Waals surface area contributed by atoms with Gasteiger partial charge in [0.1, 0.15) is 0 Å². The molecule has 4 N–H and O–H groups in total. The molecule has 4 heteroatoms. The molecule has 0 amide bonds. The molecule has 0 fully saturated rings. The minimum atomic E-state index is 0.857. The van der Waals surface area contributed by atoms with Crippen molar-refractivity contribution in [1.29, 1.82) is 0 Å². The van der Waals surface area contributed by atoms with Crippen LogP contribution in [0.3, 0.4) is 0 Å². The topological polar surface area (TPSA) is 53.3 Å². The Balaban J connectivity index is 2.35. The third kappa shape index (κ3) is 2.23. The number of benzene rings is 2. The van der Waals surface area contributed by atoms with Gasteiger partial charge in [-0.15, -0.1) is 0 Å². The standard InChI is InChI=1S/C17H20N4/c1-19-16-13-8-4-3-7-12(13)11-21(2)15-10-6-5-9-14(15)17(16)20-18/h3-10,19-20H,11,18H2,1-2H3/b17-16-. The van der Waals surface area contributed by atoms with E-state index in [0.717, 1.165) is 29.2 Å². The summed E-state index contributed by atoms with van der Waals surface area (Å²) >= 11 is 0. The van der Waals surface area contributed by atoms with Crippen molar-refractivity contribution in [3.63, 3.8) is 0 Å². The van der Waals surface area contributed by atoms with E-state index in [2.05, 4.69) is 65.2 Å². The number of rotatable bonds is 2. The molecule has 108 valence electrons. The van der Waals surface area contributed by atoms with E-state index in [1.54, 1.807) is 0 Å². The number of nitrogens with one attached hydrogen (secondary N) is 2. The molecule has 1 aliphatic rings. The molecule has 0 atom stereocenters. The van der Waals surface area contributed by atoms with Crippen molar-refractivity contribution in [1.82, 2.24) is 10.7 Å². The number of anilines is 1. The third-order valence-corrected chi connectivity index (χ3v) is 3.92. The fraction of sp³-hybridized carbons (Fsp3) is 0.176. The van der Waals surface area contributed by atoms with Gasteiger partial charge in [0, 0.05) is 37.5 Å². The van der Waals surface area contributed by atoms with Gasteiger partial charge in [0.2, 0.25) is 0 Å². The second-order valence-electron chi connectivity index (χ2n) is 5.17. The van der Waals surface area contributed by atoms with Crippen LogP contribution in [0.25, 0.3) is 11.4 Å². The molecular formula is C17H20N4. The highest BCUT2D eigenvalue weighted by Gasteiger charge is 2.20. The van der Waals surface area contributed by atoms with Gasteiger partial charge in [-0.05, 0) is 11.6 Å². The SMILES string of the molecule is CN/C1=C(\NN)c2ccccc2N(C)Cc2ccccc21. The molecule has 0 aromatic heterocycles. The molecule has 0 spiro atoms. The van der Waals surface area contributed by atoms with Crippen molar-refractivity contribution >= 4 is 17.1 Å². The predicted molar refractivity (Wildman–Crippen MR) is 88.2 cm³/mol. The number of hydrogen-bond acceptors (Lipinski definition) is 4. The van der Waals surface area contributed by atoms with Gasteiger partial charge in [0.05, 0.1) is 11.4 Å². The molecule has 3 rings (SSSR count). The minimum absolute atomic E-state index is 0.857. The fourth-order valence-electron chi connectivity index (χ4n) is 2.94. The average Bonchev–Trinajstić information content (AvgIpc) is 2.52. The Bertz CT molecular complexity index is 691. The van der Waals surface area contributed by atoms with Crippen LogP contribution in [0.4, 0.5) is 5.69 Å². The van der Waals surface area contributed by atoms with Gasteiger partial charge >= 0.3 is 0 Å². The lowest BCUT2D eigenvalue weighted by Crippen LogP contribution is -2.29. The first-order chi connectivity index (χ1) is 10.3. The zero-order valence-corrected chi connectivity index (χ0v) is 12.4. The molecule has 21 heavy (non-hydrogen) atoms. The normalized spacial score (nSPS) is 17.4. The summed E-state index contributed by atoms with van der Waals surface area (Å²) < 4.78 is 0. The van der Waals surface area contributed by atoms with Gasteiger partial charge in [-0.25, -0.2) is 0 Å². The molecule has 0 saturated carbocycles. The largest absolute Gasteiger partial charge is 0.386 e. The lowest BCUT2D eigenvalue weighted by atomic mass is 9.96. The minimum Gasteiger partial charge on any atom is -0.386 e. The zero-order valence-electron chi connectivity index (χ0n) is 12.4. The van der Waals surface area contributed by atoms with Crippen LogP contribution in [0.15, 0.2) is 48.5 Å². The summed E-state index contributed by atoms with van der Waals surface area (Å²) in [7, 11) is 4.03. The third-order valence-electron chi connectivity index (χ3n) is 3.92. The molecule has 1 aliphatic heterocycles. The zero-order chi connectivity index (χ0) is 14.8. The van der Waals surface area contributed by atoms with Crippen LogP contribution in [0, 0.1) is 0 Å². The maximum Gasteiger partial charge on any atom is 0.0818 e. The average molecular weight is 280 g/mol. The molecule has 0 bridgehead atoms. The lowest BCUT2D eigenvalue weighted by molar-refractivity contribution is 0.897. The Kier molecular flexibility index (Phi) is 3.54. The molecule has 4 nitrogen and oxygen atoms in total. The first kappa shape index (κ1) is 13.5. The summed E-state index contributed by atoms with van der Waals surface area (Å²) in [4.78, 5) is 2.25. The highest BCUT2D eigenvalue weighted by Crippen LogP contribution is 2.34. The molecule has 2 aromatic rings. The Hall–Kier alpha value is -2.46. The van der Waals surface area contributed by atoms with Crippen LogP contribution in [0.1, 0.15) is 16.7 Å². The smallest absolute Gasteiger partial charge is 0.0818 e. The van der Waals surface area contributed by atoms with Crippen LogP contribution in [0.5, 0.6) is 0 Å². The quantitative estimate of drug-likeness (QED) is 0.583. The van der Waals surface area contributed by atoms with Gasteiger partial charge in [0.15, 0.2) is 0 Å². The van der Waals surface area contributed by atoms with Crippen LogP contribution < -0.4 is 21.5 Å². The van der Waals surface area contributed by atoms with Crippen LogP contribution in [-0.4, -0.2) is 14.1 Å². The van der Waals surface area contributed by atoms with Crippen LogP contribution in [-0.2, 0) is 6.54 Å². The Morgan fingerprint density at radius 2 is 1.62 bits per heavy atom. The van der Waals surface area contributed by atoms with Crippen molar-refractivity contribution in [2.24, 2.45) is 5.84 Å². The first-order valence-electron chi connectivity index (χ1n) is 7.03. The summed E-state index contributed by atoms with van der Waals surface area (Å²) in [5, 5.41) is 3.30. The van der Waals surface area contributed by atoms with Crippen molar-refractivity contribution < 1.29 is 0 Å². The summed E-state index contributed by atoms with van der Waals surface area (Å²) in [6, 6.07) is 16.7. The highest BCUT2D eigenvalue weighted by molar-refractivity contribution is 5.94. The van der Waals surface area contributed by atoms with E-state index in [-0.39, 0.29) is 0 Å². The second-order valence-corrected chi connectivity index (χ2v) is 5.17. The second kappa shape index (κ2) is 5.50. The van der Waals surface area contributed by atoms with Gasteiger partial charge in [0.25, 0.3) is 0 Å².